The number of amides is 1. The molecule has 0 aliphatic heterocycles. The van der Waals surface area contributed by atoms with E-state index >= 15 is 0 Å². The van der Waals surface area contributed by atoms with E-state index in [0.717, 1.165) is 103 Å². The van der Waals surface area contributed by atoms with E-state index in [1.807, 2.05) is 0 Å². The number of allylic oxidation sites excluding steroid dienone is 14. The number of nitrogens with one attached hydrogen (secondary N) is 1. The van der Waals surface area contributed by atoms with Crippen LogP contribution in [-0.4, -0.2) is 46.9 Å². The number of aliphatic hydroxyl groups is 2. The topological polar surface area (TPSA) is 95.9 Å². The van der Waals surface area contributed by atoms with E-state index in [-0.39, 0.29) is 24.9 Å². The molecule has 0 saturated heterocycles. The molecule has 0 aromatic rings. The Morgan fingerprint density at radius 3 is 1.49 bits per heavy atom. The zero-order chi connectivity index (χ0) is 45.9. The van der Waals surface area contributed by atoms with Gasteiger partial charge in [0.15, 0.2) is 0 Å². The monoisotopic (exact) mass is 878 g/mol. The molecule has 1 amide bonds. The summed E-state index contributed by atoms with van der Waals surface area (Å²) in [5, 5.41) is 23.8. The summed E-state index contributed by atoms with van der Waals surface area (Å²) in [5.41, 5.74) is 0. The number of hydrogen-bond acceptors (Lipinski definition) is 5. The predicted octanol–water partition coefficient (Wildman–Crippen LogP) is 16.0. The van der Waals surface area contributed by atoms with Gasteiger partial charge < -0.3 is 20.3 Å². The van der Waals surface area contributed by atoms with Crippen molar-refractivity contribution in [3.8, 4) is 0 Å². The summed E-state index contributed by atoms with van der Waals surface area (Å²) >= 11 is 0. The summed E-state index contributed by atoms with van der Waals surface area (Å²) in [6.45, 7) is 6.22. The normalized spacial score (nSPS) is 13.9. The van der Waals surface area contributed by atoms with Gasteiger partial charge >= 0.3 is 5.97 Å². The molecule has 0 aliphatic rings. The molecule has 6 heteroatoms. The molecule has 362 valence electrons. The van der Waals surface area contributed by atoms with Crippen LogP contribution in [0.3, 0.4) is 0 Å². The van der Waals surface area contributed by atoms with Crippen molar-refractivity contribution in [2.75, 3.05) is 6.61 Å². The molecule has 0 fully saturated rings. The third kappa shape index (κ3) is 45.4. The fourth-order valence-corrected chi connectivity index (χ4v) is 7.60. The van der Waals surface area contributed by atoms with Gasteiger partial charge in [0.05, 0.1) is 25.2 Å². The highest BCUT2D eigenvalue weighted by Crippen LogP contribution is 2.17. The van der Waals surface area contributed by atoms with Crippen LogP contribution in [0.5, 0.6) is 0 Å². The second kappa shape index (κ2) is 50.0. The van der Waals surface area contributed by atoms with Gasteiger partial charge in [-0.05, 0) is 77.0 Å². The number of rotatable bonds is 46. The quantitative estimate of drug-likeness (QED) is 0.0245. The highest BCUT2D eigenvalue weighted by molar-refractivity contribution is 5.77. The van der Waals surface area contributed by atoms with E-state index in [4.69, 9.17) is 4.74 Å². The molecule has 3 N–H and O–H groups in total. The standard InChI is InChI=1S/C57H99NO5/c1-4-7-10-13-16-19-22-25-27-28-29-32-34-37-40-43-46-49-55(60)54(52-59)58-56(61)51-53(48-45-42-39-36-33-31-26-23-20-17-14-11-8-5-2)63-57(62)50-47-44-41-38-35-30-24-21-18-15-12-9-6-3/h8-9,11-12,15,17-18,20-21,24,26,31,36,39,53-55,59-60H,4-7,10,13-14,16,19,22-23,25,27-30,32-35,37-38,40-52H2,1-3H3,(H,58,61)/b11-8+,12-9+,18-15+,20-17+,24-21-,31-26+,39-36+. The van der Waals surface area contributed by atoms with Crippen molar-refractivity contribution in [1.29, 1.82) is 0 Å². The van der Waals surface area contributed by atoms with Gasteiger partial charge in [0.25, 0.3) is 0 Å². The number of hydrogen-bond donors (Lipinski definition) is 3. The smallest absolute Gasteiger partial charge is 0.306 e. The molecule has 0 bridgehead atoms. The lowest BCUT2D eigenvalue weighted by atomic mass is 10.0. The van der Waals surface area contributed by atoms with Crippen LogP contribution >= 0.6 is 0 Å². The molecule has 3 atom stereocenters. The average Bonchev–Trinajstić information content (AvgIpc) is 3.28. The molecule has 0 radical (unpaired) electrons. The molecule has 0 aromatic heterocycles. The number of ether oxygens (including phenoxy) is 1. The molecular formula is C57H99NO5. The van der Waals surface area contributed by atoms with Gasteiger partial charge in [0.1, 0.15) is 6.10 Å². The Bertz CT molecular complexity index is 1210. The second-order valence-electron chi connectivity index (χ2n) is 17.6. The van der Waals surface area contributed by atoms with Crippen LogP contribution in [0.2, 0.25) is 0 Å². The molecule has 0 aromatic carbocycles. The molecule has 0 rings (SSSR count). The van der Waals surface area contributed by atoms with Crippen LogP contribution in [0, 0.1) is 0 Å². The molecule has 0 heterocycles. The Hall–Kier alpha value is -2.96. The van der Waals surface area contributed by atoms with Gasteiger partial charge in [-0.1, -0.05) is 234 Å². The van der Waals surface area contributed by atoms with E-state index < -0.39 is 18.2 Å². The van der Waals surface area contributed by atoms with E-state index in [0.29, 0.717) is 19.3 Å². The van der Waals surface area contributed by atoms with Crippen molar-refractivity contribution in [3.05, 3.63) is 85.1 Å². The number of aliphatic hydroxyl groups excluding tert-OH is 2. The lowest BCUT2D eigenvalue weighted by Gasteiger charge is -2.24. The van der Waals surface area contributed by atoms with Crippen molar-refractivity contribution < 1.29 is 24.5 Å². The lowest BCUT2D eigenvalue weighted by Crippen LogP contribution is -2.46. The summed E-state index contributed by atoms with van der Waals surface area (Å²) in [7, 11) is 0. The molecule has 63 heavy (non-hydrogen) atoms. The van der Waals surface area contributed by atoms with Gasteiger partial charge in [0.2, 0.25) is 5.91 Å². The highest BCUT2D eigenvalue weighted by atomic mass is 16.5. The van der Waals surface area contributed by atoms with E-state index in [2.05, 4.69) is 111 Å². The molecule has 0 spiro atoms. The minimum absolute atomic E-state index is 0.0277. The van der Waals surface area contributed by atoms with Crippen LogP contribution in [0.15, 0.2) is 85.1 Å². The van der Waals surface area contributed by atoms with Crippen molar-refractivity contribution in [3.63, 3.8) is 0 Å². The van der Waals surface area contributed by atoms with Crippen LogP contribution in [0.4, 0.5) is 0 Å². The first kappa shape index (κ1) is 60.0. The van der Waals surface area contributed by atoms with Crippen molar-refractivity contribution in [1.82, 2.24) is 5.32 Å². The van der Waals surface area contributed by atoms with Crippen LogP contribution in [-0.2, 0) is 14.3 Å². The minimum atomic E-state index is -0.810. The minimum Gasteiger partial charge on any atom is -0.462 e. The Morgan fingerprint density at radius 1 is 0.492 bits per heavy atom. The second-order valence-corrected chi connectivity index (χ2v) is 17.6. The molecule has 0 saturated carbocycles. The molecule has 3 unspecified atom stereocenters. The largest absolute Gasteiger partial charge is 0.462 e. The zero-order valence-electron chi connectivity index (χ0n) is 41.2. The average molecular weight is 878 g/mol. The fourth-order valence-electron chi connectivity index (χ4n) is 7.60. The molecular weight excluding hydrogens is 779 g/mol. The Balaban J connectivity index is 4.63. The van der Waals surface area contributed by atoms with Gasteiger partial charge in [-0.15, -0.1) is 0 Å². The van der Waals surface area contributed by atoms with Crippen molar-refractivity contribution in [2.45, 2.75) is 257 Å². The first-order valence-electron chi connectivity index (χ1n) is 26.3. The van der Waals surface area contributed by atoms with Crippen molar-refractivity contribution >= 4 is 11.9 Å². The Labute approximate surface area is 389 Å². The van der Waals surface area contributed by atoms with Crippen molar-refractivity contribution in [2.24, 2.45) is 0 Å². The van der Waals surface area contributed by atoms with E-state index in [1.165, 1.54) is 89.9 Å². The van der Waals surface area contributed by atoms with E-state index in [1.54, 1.807) is 0 Å². The summed E-state index contributed by atoms with van der Waals surface area (Å²) in [6, 6.07) is -0.728. The molecule has 0 aliphatic carbocycles. The van der Waals surface area contributed by atoms with Gasteiger partial charge in [-0.3, -0.25) is 9.59 Å². The maximum Gasteiger partial charge on any atom is 0.306 e. The van der Waals surface area contributed by atoms with Gasteiger partial charge in [-0.25, -0.2) is 0 Å². The third-order valence-corrected chi connectivity index (χ3v) is 11.5. The molecule has 6 nitrogen and oxygen atoms in total. The maximum absolute atomic E-state index is 13.2. The van der Waals surface area contributed by atoms with Gasteiger partial charge in [0, 0.05) is 6.42 Å². The summed E-state index contributed by atoms with van der Waals surface area (Å²) in [6.07, 6.45) is 65.1. The lowest BCUT2D eigenvalue weighted by molar-refractivity contribution is -0.151. The number of carbonyl (C=O) groups excluding carboxylic acids is 2. The first-order valence-corrected chi connectivity index (χ1v) is 26.3. The SMILES string of the molecule is CC/C=C/C=C/C=C\CCCCCCCC(=O)OC(CCC/C=C/C/C=C/C/C=C/C/C=C/CC)CC(=O)NC(CO)C(O)CCCCCCCCCCCCCCCCCCC. The summed E-state index contributed by atoms with van der Waals surface area (Å²) in [5.74, 6) is -0.556. The first-order chi connectivity index (χ1) is 31.0. The maximum atomic E-state index is 13.2. The summed E-state index contributed by atoms with van der Waals surface area (Å²) < 4.78 is 5.89. The number of unbranched alkanes of at least 4 members (excludes halogenated alkanes) is 22. The fraction of sp³-hybridized carbons (Fsp3) is 0.719. The van der Waals surface area contributed by atoms with Crippen LogP contribution in [0.1, 0.15) is 239 Å². The van der Waals surface area contributed by atoms with Crippen LogP contribution in [0.25, 0.3) is 0 Å². The Morgan fingerprint density at radius 2 is 0.952 bits per heavy atom. The van der Waals surface area contributed by atoms with Gasteiger partial charge in [-0.2, -0.15) is 0 Å². The zero-order valence-corrected chi connectivity index (χ0v) is 41.2. The van der Waals surface area contributed by atoms with E-state index in [9.17, 15) is 19.8 Å². The highest BCUT2D eigenvalue weighted by Gasteiger charge is 2.24. The number of carbonyl (C=O) groups is 2. The summed E-state index contributed by atoms with van der Waals surface area (Å²) in [4.78, 5) is 26.1. The predicted molar refractivity (Wildman–Crippen MR) is 273 cm³/mol. The third-order valence-electron chi connectivity index (χ3n) is 11.5. The van der Waals surface area contributed by atoms with Crippen LogP contribution < -0.4 is 5.32 Å². The Kier molecular flexibility index (Phi) is 47.7. The number of esters is 1.